The van der Waals surface area contributed by atoms with Gasteiger partial charge in [0.25, 0.3) is 0 Å². The van der Waals surface area contributed by atoms with Gasteiger partial charge in [0.2, 0.25) is 5.75 Å². The highest BCUT2D eigenvalue weighted by Crippen LogP contribution is 2.39. The molecule has 4 nitrogen and oxygen atoms in total. The Morgan fingerprint density at radius 1 is 0.905 bits per heavy atom. The first-order chi connectivity index (χ1) is 10.2. The number of ether oxygens (including phenoxy) is 3. The summed E-state index contributed by atoms with van der Waals surface area (Å²) in [6.07, 6.45) is -0.102. The molecule has 0 bridgehead atoms. The van der Waals surface area contributed by atoms with Crippen molar-refractivity contribution in [3.8, 4) is 17.2 Å². The summed E-state index contributed by atoms with van der Waals surface area (Å²) in [5.74, 6) is 1.73. The molecule has 0 aliphatic rings. The second kappa shape index (κ2) is 6.99. The molecule has 0 saturated carbocycles. The molecule has 0 heterocycles. The van der Waals surface area contributed by atoms with Crippen molar-refractivity contribution in [3.05, 3.63) is 53.6 Å². The first-order valence-electron chi connectivity index (χ1n) is 6.71. The van der Waals surface area contributed by atoms with Crippen LogP contribution in [0.1, 0.15) is 17.2 Å². The maximum atomic E-state index is 10.3. The fourth-order valence-corrected chi connectivity index (χ4v) is 2.27. The monoisotopic (exact) mass is 288 g/mol. The van der Waals surface area contributed by atoms with E-state index in [0.717, 1.165) is 11.1 Å². The molecule has 4 heteroatoms. The van der Waals surface area contributed by atoms with E-state index in [1.54, 1.807) is 21.3 Å². The van der Waals surface area contributed by atoms with Crippen molar-refractivity contribution in [2.75, 3.05) is 21.3 Å². The maximum absolute atomic E-state index is 10.3. The molecule has 0 radical (unpaired) electrons. The van der Waals surface area contributed by atoms with Crippen LogP contribution in [0.2, 0.25) is 0 Å². The zero-order chi connectivity index (χ0) is 15.2. The van der Waals surface area contributed by atoms with Gasteiger partial charge < -0.3 is 19.3 Å². The molecule has 1 N–H and O–H groups in total. The van der Waals surface area contributed by atoms with Crippen LogP contribution in [-0.2, 0) is 6.42 Å². The Hall–Kier alpha value is -2.20. The minimum atomic E-state index is -0.575. The second-order valence-electron chi connectivity index (χ2n) is 4.66. The summed E-state index contributed by atoms with van der Waals surface area (Å²) < 4.78 is 15.9. The highest BCUT2D eigenvalue weighted by atomic mass is 16.5. The Morgan fingerprint density at radius 2 is 1.48 bits per heavy atom. The van der Waals surface area contributed by atoms with Crippen molar-refractivity contribution >= 4 is 0 Å². The molecule has 0 aliphatic heterocycles. The molecule has 112 valence electrons. The molecular formula is C17H20O4. The fourth-order valence-electron chi connectivity index (χ4n) is 2.27. The largest absolute Gasteiger partial charge is 0.493 e. The quantitative estimate of drug-likeness (QED) is 0.887. The third-order valence-electron chi connectivity index (χ3n) is 3.34. The van der Waals surface area contributed by atoms with Gasteiger partial charge in [0.05, 0.1) is 27.4 Å². The molecule has 0 aromatic heterocycles. The van der Waals surface area contributed by atoms with Gasteiger partial charge in [-0.2, -0.15) is 0 Å². The molecular weight excluding hydrogens is 268 g/mol. The lowest BCUT2D eigenvalue weighted by atomic mass is 10.0. The van der Waals surface area contributed by atoms with Crippen LogP contribution >= 0.6 is 0 Å². The first kappa shape index (κ1) is 15.2. The molecule has 1 unspecified atom stereocenters. The molecule has 2 aromatic rings. The van der Waals surface area contributed by atoms with E-state index in [-0.39, 0.29) is 0 Å². The zero-order valence-electron chi connectivity index (χ0n) is 12.5. The van der Waals surface area contributed by atoms with E-state index in [9.17, 15) is 5.11 Å². The lowest BCUT2D eigenvalue weighted by molar-refractivity contribution is 0.178. The molecule has 0 aliphatic carbocycles. The van der Waals surface area contributed by atoms with E-state index in [2.05, 4.69) is 0 Å². The van der Waals surface area contributed by atoms with Crippen LogP contribution in [-0.4, -0.2) is 26.4 Å². The number of hydrogen-bond donors (Lipinski definition) is 1. The summed E-state index contributed by atoms with van der Waals surface area (Å²) in [5.41, 5.74) is 1.80. The number of benzene rings is 2. The summed E-state index contributed by atoms with van der Waals surface area (Å²) in [4.78, 5) is 0. The second-order valence-corrected chi connectivity index (χ2v) is 4.66. The highest BCUT2D eigenvalue weighted by molar-refractivity contribution is 5.54. The number of aliphatic hydroxyl groups excluding tert-OH is 1. The summed E-state index contributed by atoms with van der Waals surface area (Å²) in [5, 5.41) is 10.3. The van der Waals surface area contributed by atoms with E-state index in [4.69, 9.17) is 14.2 Å². The lowest BCUT2D eigenvalue weighted by Gasteiger charge is -2.16. The van der Waals surface area contributed by atoms with Gasteiger partial charge in [0.1, 0.15) is 0 Å². The van der Waals surface area contributed by atoms with Gasteiger partial charge in [-0.25, -0.2) is 0 Å². The van der Waals surface area contributed by atoms with Crippen molar-refractivity contribution in [2.45, 2.75) is 12.5 Å². The molecule has 2 rings (SSSR count). The molecule has 0 fully saturated rings. The lowest BCUT2D eigenvalue weighted by Crippen LogP contribution is -2.03. The van der Waals surface area contributed by atoms with E-state index < -0.39 is 6.10 Å². The van der Waals surface area contributed by atoms with Gasteiger partial charge >= 0.3 is 0 Å². The van der Waals surface area contributed by atoms with Gasteiger partial charge in [-0.3, -0.25) is 0 Å². The smallest absolute Gasteiger partial charge is 0.203 e. The predicted octanol–water partition coefficient (Wildman–Crippen LogP) is 2.99. The normalized spacial score (nSPS) is 11.8. The SMILES string of the molecule is COc1cc(CC(O)c2ccccc2)cc(OC)c1OC. The van der Waals surface area contributed by atoms with Crippen LogP contribution in [0.5, 0.6) is 17.2 Å². The molecule has 0 spiro atoms. The summed E-state index contributed by atoms with van der Waals surface area (Å²) in [6, 6.07) is 13.3. The van der Waals surface area contributed by atoms with E-state index in [1.165, 1.54) is 0 Å². The molecule has 0 amide bonds. The van der Waals surface area contributed by atoms with Crippen LogP contribution in [0.25, 0.3) is 0 Å². The number of methoxy groups -OCH3 is 3. The fraction of sp³-hybridized carbons (Fsp3) is 0.294. The summed E-state index contributed by atoms with van der Waals surface area (Å²) in [7, 11) is 4.72. The zero-order valence-corrected chi connectivity index (χ0v) is 12.5. The van der Waals surface area contributed by atoms with Crippen LogP contribution in [0.4, 0.5) is 0 Å². The third kappa shape index (κ3) is 3.47. The van der Waals surface area contributed by atoms with E-state index in [1.807, 2.05) is 42.5 Å². The van der Waals surface area contributed by atoms with Crippen LogP contribution in [0.3, 0.4) is 0 Å². The van der Waals surface area contributed by atoms with Crippen LogP contribution in [0, 0.1) is 0 Å². The highest BCUT2D eigenvalue weighted by Gasteiger charge is 2.15. The minimum Gasteiger partial charge on any atom is -0.493 e. The molecule has 21 heavy (non-hydrogen) atoms. The van der Waals surface area contributed by atoms with Crippen molar-refractivity contribution in [3.63, 3.8) is 0 Å². The van der Waals surface area contributed by atoms with Gasteiger partial charge in [-0.15, -0.1) is 0 Å². The molecule has 1 atom stereocenters. The van der Waals surface area contributed by atoms with Crippen molar-refractivity contribution in [2.24, 2.45) is 0 Å². The molecule has 2 aromatic carbocycles. The Balaban J connectivity index is 2.28. The number of hydrogen-bond acceptors (Lipinski definition) is 4. The number of rotatable bonds is 6. The Labute approximate surface area is 124 Å². The van der Waals surface area contributed by atoms with Crippen LogP contribution < -0.4 is 14.2 Å². The molecule has 0 saturated heterocycles. The van der Waals surface area contributed by atoms with Gasteiger partial charge in [0.15, 0.2) is 11.5 Å². The maximum Gasteiger partial charge on any atom is 0.203 e. The Morgan fingerprint density at radius 3 is 1.95 bits per heavy atom. The van der Waals surface area contributed by atoms with Gasteiger partial charge in [0, 0.05) is 6.42 Å². The van der Waals surface area contributed by atoms with Crippen molar-refractivity contribution in [1.29, 1.82) is 0 Å². The van der Waals surface area contributed by atoms with E-state index >= 15 is 0 Å². The Bertz CT molecular complexity index is 556. The topological polar surface area (TPSA) is 47.9 Å². The average molecular weight is 288 g/mol. The van der Waals surface area contributed by atoms with Crippen LogP contribution in [0.15, 0.2) is 42.5 Å². The van der Waals surface area contributed by atoms with Gasteiger partial charge in [-0.1, -0.05) is 30.3 Å². The average Bonchev–Trinajstić information content (AvgIpc) is 2.54. The van der Waals surface area contributed by atoms with Crippen molar-refractivity contribution < 1.29 is 19.3 Å². The third-order valence-corrected chi connectivity index (χ3v) is 3.34. The standard InChI is InChI=1S/C17H20O4/c1-19-15-10-12(11-16(20-2)17(15)21-3)9-14(18)13-7-5-4-6-8-13/h4-8,10-11,14,18H,9H2,1-3H3. The van der Waals surface area contributed by atoms with E-state index in [0.29, 0.717) is 23.7 Å². The minimum absolute atomic E-state index is 0.473. The summed E-state index contributed by atoms with van der Waals surface area (Å²) >= 11 is 0. The predicted molar refractivity (Wildman–Crippen MR) is 81.2 cm³/mol. The first-order valence-corrected chi connectivity index (χ1v) is 6.71. The number of aliphatic hydroxyl groups is 1. The van der Waals surface area contributed by atoms with Gasteiger partial charge in [-0.05, 0) is 23.3 Å². The van der Waals surface area contributed by atoms with Crippen molar-refractivity contribution in [1.82, 2.24) is 0 Å². The Kier molecular flexibility index (Phi) is 5.06. The summed E-state index contributed by atoms with van der Waals surface area (Å²) in [6.45, 7) is 0.